The Kier molecular flexibility index (Phi) is 4.82. The normalized spacial score (nSPS) is 11.0. The lowest BCUT2D eigenvalue weighted by Gasteiger charge is -2.11. The number of hydrogen-bond acceptors (Lipinski definition) is 3. The Balaban J connectivity index is 1.61. The zero-order valence-electron chi connectivity index (χ0n) is 13.9. The van der Waals surface area contributed by atoms with E-state index in [0.29, 0.717) is 12.3 Å². The van der Waals surface area contributed by atoms with Crippen LogP contribution in [0.25, 0.3) is 10.9 Å². The van der Waals surface area contributed by atoms with Crippen molar-refractivity contribution in [2.75, 3.05) is 32.6 Å². The van der Waals surface area contributed by atoms with Crippen LogP contribution in [-0.2, 0) is 0 Å². The average molecular weight is 323 g/mol. The van der Waals surface area contributed by atoms with Crippen molar-refractivity contribution in [2.45, 2.75) is 0 Å². The van der Waals surface area contributed by atoms with Crippen LogP contribution in [0.5, 0.6) is 5.75 Å². The standard InChI is InChI=1S/C19H21N3O2/c1-22(2)11-12-24-16-9-7-15(8-10-16)20-19(23)18-13-14-5-3-4-6-17(14)21-18/h3-10,13,21H,11-12H2,1-2H3,(H,20,23). The maximum absolute atomic E-state index is 12.3. The third-order valence-electron chi connectivity index (χ3n) is 3.69. The minimum atomic E-state index is -0.160. The number of nitrogens with zero attached hydrogens (tertiary/aromatic N) is 1. The van der Waals surface area contributed by atoms with Gasteiger partial charge in [0.2, 0.25) is 0 Å². The number of aromatic amines is 1. The average Bonchev–Trinajstić information content (AvgIpc) is 3.00. The van der Waals surface area contributed by atoms with Crippen LogP contribution in [0.2, 0.25) is 0 Å². The molecule has 0 spiro atoms. The summed E-state index contributed by atoms with van der Waals surface area (Å²) in [6.45, 7) is 1.49. The number of benzene rings is 2. The summed E-state index contributed by atoms with van der Waals surface area (Å²) >= 11 is 0. The first-order valence-electron chi connectivity index (χ1n) is 7.88. The molecule has 0 aliphatic heterocycles. The second-order valence-electron chi connectivity index (χ2n) is 5.90. The van der Waals surface area contributed by atoms with Gasteiger partial charge >= 0.3 is 0 Å². The van der Waals surface area contributed by atoms with E-state index in [-0.39, 0.29) is 5.91 Å². The number of ether oxygens (including phenoxy) is 1. The van der Waals surface area contributed by atoms with Gasteiger partial charge in [-0.15, -0.1) is 0 Å². The number of hydrogen-bond donors (Lipinski definition) is 2. The van der Waals surface area contributed by atoms with Crippen LogP contribution >= 0.6 is 0 Å². The molecule has 1 heterocycles. The van der Waals surface area contributed by atoms with Crippen LogP contribution in [0.1, 0.15) is 10.5 Å². The molecular weight excluding hydrogens is 302 g/mol. The molecule has 0 radical (unpaired) electrons. The lowest BCUT2D eigenvalue weighted by atomic mass is 10.2. The van der Waals surface area contributed by atoms with Crippen LogP contribution < -0.4 is 10.1 Å². The summed E-state index contributed by atoms with van der Waals surface area (Å²) < 4.78 is 5.64. The van der Waals surface area contributed by atoms with Crippen molar-refractivity contribution in [3.63, 3.8) is 0 Å². The van der Waals surface area contributed by atoms with Crippen molar-refractivity contribution in [2.24, 2.45) is 0 Å². The minimum absolute atomic E-state index is 0.160. The van der Waals surface area contributed by atoms with E-state index in [0.717, 1.165) is 28.9 Å². The fourth-order valence-corrected chi connectivity index (χ4v) is 2.37. The molecule has 1 amide bonds. The molecule has 3 aromatic rings. The monoisotopic (exact) mass is 323 g/mol. The van der Waals surface area contributed by atoms with Gasteiger partial charge in [-0.3, -0.25) is 4.79 Å². The Hall–Kier alpha value is -2.79. The van der Waals surface area contributed by atoms with Gasteiger partial charge in [0.15, 0.2) is 0 Å². The molecule has 24 heavy (non-hydrogen) atoms. The lowest BCUT2D eigenvalue weighted by Crippen LogP contribution is -2.19. The maximum Gasteiger partial charge on any atom is 0.272 e. The number of fused-ring (bicyclic) bond motifs is 1. The summed E-state index contributed by atoms with van der Waals surface area (Å²) in [5, 5.41) is 3.91. The number of anilines is 1. The van der Waals surface area contributed by atoms with Gasteiger partial charge in [-0.05, 0) is 50.5 Å². The van der Waals surface area contributed by atoms with Crippen LogP contribution in [0.15, 0.2) is 54.6 Å². The highest BCUT2D eigenvalue weighted by Gasteiger charge is 2.09. The number of amides is 1. The first-order chi connectivity index (χ1) is 11.6. The zero-order valence-corrected chi connectivity index (χ0v) is 13.9. The molecule has 0 atom stereocenters. The predicted octanol–water partition coefficient (Wildman–Crippen LogP) is 3.36. The van der Waals surface area contributed by atoms with E-state index in [4.69, 9.17) is 4.74 Å². The Morgan fingerprint density at radius 2 is 1.88 bits per heavy atom. The van der Waals surface area contributed by atoms with Gasteiger partial charge in [0, 0.05) is 23.1 Å². The van der Waals surface area contributed by atoms with Gasteiger partial charge in [-0.1, -0.05) is 18.2 Å². The number of carbonyl (C=O) groups is 1. The second-order valence-corrected chi connectivity index (χ2v) is 5.90. The van der Waals surface area contributed by atoms with Gasteiger partial charge < -0.3 is 19.9 Å². The zero-order chi connectivity index (χ0) is 16.9. The molecule has 0 bridgehead atoms. The number of nitrogens with one attached hydrogen (secondary N) is 2. The van der Waals surface area contributed by atoms with E-state index in [9.17, 15) is 4.79 Å². The number of para-hydroxylation sites is 1. The molecule has 0 saturated heterocycles. The number of rotatable bonds is 6. The first kappa shape index (κ1) is 16.1. The minimum Gasteiger partial charge on any atom is -0.492 e. The third kappa shape index (κ3) is 3.94. The van der Waals surface area contributed by atoms with Crippen molar-refractivity contribution in [3.05, 3.63) is 60.3 Å². The van der Waals surface area contributed by atoms with Crippen molar-refractivity contribution in [1.29, 1.82) is 0 Å². The number of carbonyl (C=O) groups excluding carboxylic acids is 1. The van der Waals surface area contributed by atoms with Crippen molar-refractivity contribution in [3.8, 4) is 5.75 Å². The highest BCUT2D eigenvalue weighted by molar-refractivity contribution is 6.05. The summed E-state index contributed by atoms with van der Waals surface area (Å²) in [5.41, 5.74) is 2.23. The number of likely N-dealkylation sites (N-methyl/N-ethyl adjacent to an activating group) is 1. The summed E-state index contributed by atoms with van der Waals surface area (Å²) in [7, 11) is 4.01. The van der Waals surface area contributed by atoms with Crippen molar-refractivity contribution in [1.82, 2.24) is 9.88 Å². The Morgan fingerprint density at radius 3 is 2.58 bits per heavy atom. The summed E-state index contributed by atoms with van der Waals surface area (Å²) in [4.78, 5) is 17.5. The lowest BCUT2D eigenvalue weighted by molar-refractivity contribution is 0.102. The summed E-state index contributed by atoms with van der Waals surface area (Å²) in [6, 6.07) is 17.1. The van der Waals surface area contributed by atoms with Gasteiger partial charge in [0.25, 0.3) is 5.91 Å². The topological polar surface area (TPSA) is 57.4 Å². The molecule has 124 valence electrons. The molecule has 0 aliphatic rings. The van der Waals surface area contributed by atoms with E-state index in [2.05, 4.69) is 15.2 Å². The molecule has 0 saturated carbocycles. The molecule has 2 aromatic carbocycles. The Labute approximate surface area is 141 Å². The highest BCUT2D eigenvalue weighted by Crippen LogP contribution is 2.18. The number of aromatic nitrogens is 1. The Morgan fingerprint density at radius 1 is 1.12 bits per heavy atom. The second kappa shape index (κ2) is 7.19. The molecule has 0 unspecified atom stereocenters. The summed E-state index contributed by atoms with van der Waals surface area (Å²) in [6.07, 6.45) is 0. The van der Waals surface area contributed by atoms with E-state index in [1.54, 1.807) is 0 Å². The molecule has 2 N–H and O–H groups in total. The molecule has 0 fully saturated rings. The van der Waals surface area contributed by atoms with E-state index >= 15 is 0 Å². The molecule has 5 heteroatoms. The summed E-state index contributed by atoms with van der Waals surface area (Å²) in [5.74, 6) is 0.632. The van der Waals surface area contributed by atoms with E-state index < -0.39 is 0 Å². The van der Waals surface area contributed by atoms with Crippen LogP contribution in [0.3, 0.4) is 0 Å². The van der Waals surface area contributed by atoms with Crippen molar-refractivity contribution >= 4 is 22.5 Å². The third-order valence-corrected chi connectivity index (χ3v) is 3.69. The van der Waals surface area contributed by atoms with Crippen molar-refractivity contribution < 1.29 is 9.53 Å². The predicted molar refractivity (Wildman–Crippen MR) is 96.7 cm³/mol. The van der Waals surface area contributed by atoms with Gasteiger partial charge in [-0.2, -0.15) is 0 Å². The molecule has 0 aliphatic carbocycles. The van der Waals surface area contributed by atoms with E-state index in [1.807, 2.05) is 68.7 Å². The quantitative estimate of drug-likeness (QED) is 0.731. The fraction of sp³-hybridized carbons (Fsp3) is 0.211. The van der Waals surface area contributed by atoms with Crippen LogP contribution in [0, 0.1) is 0 Å². The SMILES string of the molecule is CN(C)CCOc1ccc(NC(=O)c2cc3ccccc3[nH]2)cc1. The molecule has 5 nitrogen and oxygen atoms in total. The van der Waals surface area contributed by atoms with Gasteiger partial charge in [-0.25, -0.2) is 0 Å². The maximum atomic E-state index is 12.3. The van der Waals surface area contributed by atoms with Gasteiger partial charge in [0.1, 0.15) is 18.1 Å². The van der Waals surface area contributed by atoms with Gasteiger partial charge in [0.05, 0.1) is 0 Å². The van der Waals surface area contributed by atoms with E-state index in [1.165, 1.54) is 0 Å². The van der Waals surface area contributed by atoms with Crippen LogP contribution in [0.4, 0.5) is 5.69 Å². The first-order valence-corrected chi connectivity index (χ1v) is 7.88. The number of H-pyrrole nitrogens is 1. The highest BCUT2D eigenvalue weighted by atomic mass is 16.5. The molecular formula is C19H21N3O2. The molecule has 1 aromatic heterocycles. The fourth-order valence-electron chi connectivity index (χ4n) is 2.37. The molecule has 3 rings (SSSR count). The smallest absolute Gasteiger partial charge is 0.272 e. The largest absolute Gasteiger partial charge is 0.492 e. The van der Waals surface area contributed by atoms with Crippen LogP contribution in [-0.4, -0.2) is 43.0 Å². The Bertz CT molecular complexity index is 789.